The summed E-state index contributed by atoms with van der Waals surface area (Å²) in [5.74, 6) is 1.38. The van der Waals surface area contributed by atoms with E-state index in [0.29, 0.717) is 25.1 Å². The van der Waals surface area contributed by atoms with Crippen LogP contribution in [0, 0.1) is 5.92 Å². The van der Waals surface area contributed by atoms with Gasteiger partial charge in [0.25, 0.3) is 0 Å². The number of aliphatic imine (C=N–C) groups is 1. The zero-order chi connectivity index (χ0) is 18.2. The van der Waals surface area contributed by atoms with Crippen molar-refractivity contribution in [2.45, 2.75) is 45.2 Å². The van der Waals surface area contributed by atoms with Gasteiger partial charge in [-0.05, 0) is 56.2 Å². The van der Waals surface area contributed by atoms with E-state index in [1.807, 2.05) is 0 Å². The Morgan fingerprint density at radius 1 is 1.15 bits per heavy atom. The first-order valence-electron chi connectivity index (χ1n) is 9.93. The van der Waals surface area contributed by atoms with Gasteiger partial charge in [-0.3, -0.25) is 0 Å². The molecule has 0 radical (unpaired) electrons. The van der Waals surface area contributed by atoms with Gasteiger partial charge in [-0.15, -0.1) is 24.0 Å². The van der Waals surface area contributed by atoms with Crippen LogP contribution in [0.3, 0.4) is 0 Å². The number of guanidine groups is 1. The number of piperidine rings is 1. The molecule has 1 aromatic rings. The molecule has 0 spiro atoms. The lowest BCUT2D eigenvalue weighted by molar-refractivity contribution is 0.203. The Morgan fingerprint density at radius 3 is 2.41 bits per heavy atom. The maximum absolute atomic E-state index is 9.27. The van der Waals surface area contributed by atoms with Crippen LogP contribution < -0.4 is 15.5 Å². The molecule has 0 atom stereocenters. The molecule has 150 valence electrons. The molecule has 0 saturated carbocycles. The minimum Gasteiger partial charge on any atom is -0.396 e. The summed E-state index contributed by atoms with van der Waals surface area (Å²) in [5.41, 5.74) is 2.50. The van der Waals surface area contributed by atoms with Gasteiger partial charge >= 0.3 is 0 Å². The Balaban J connectivity index is 0.00000261. The van der Waals surface area contributed by atoms with E-state index in [0.717, 1.165) is 51.3 Å². The second-order valence-electron chi connectivity index (χ2n) is 7.26. The summed E-state index contributed by atoms with van der Waals surface area (Å²) in [7, 11) is 0. The standard InChI is InChI=1S/C21H32N4O.HI/c1-2-22-21(24-19-5-3-4-6-19)23-15-17-7-9-20(10-8-17)25-13-11-18(16-26)12-14-25;/h3-4,7-10,18-19,26H,2,5-6,11-16H2,1H3,(H2,22,23,24);1H. The summed E-state index contributed by atoms with van der Waals surface area (Å²) in [5, 5.41) is 16.1. The number of hydrogen-bond donors (Lipinski definition) is 3. The Kier molecular flexibility index (Phi) is 9.41. The molecule has 1 aliphatic carbocycles. The molecular formula is C21H33IN4O. The number of nitrogens with one attached hydrogen (secondary N) is 2. The fraction of sp³-hybridized carbons (Fsp3) is 0.571. The number of hydrogen-bond acceptors (Lipinski definition) is 3. The monoisotopic (exact) mass is 484 g/mol. The smallest absolute Gasteiger partial charge is 0.191 e. The van der Waals surface area contributed by atoms with Gasteiger partial charge in [-0.1, -0.05) is 24.3 Å². The number of halogens is 1. The Hall–Kier alpha value is -1.28. The third kappa shape index (κ3) is 6.68. The Bertz CT molecular complexity index is 601. The molecule has 1 heterocycles. The summed E-state index contributed by atoms with van der Waals surface area (Å²) >= 11 is 0. The number of rotatable bonds is 6. The van der Waals surface area contributed by atoms with Crippen LogP contribution in [-0.2, 0) is 6.54 Å². The van der Waals surface area contributed by atoms with Gasteiger partial charge in [0, 0.05) is 38.0 Å². The van der Waals surface area contributed by atoms with Gasteiger partial charge in [0.2, 0.25) is 0 Å². The van der Waals surface area contributed by atoms with Crippen LogP contribution in [0.1, 0.15) is 38.2 Å². The van der Waals surface area contributed by atoms with E-state index in [-0.39, 0.29) is 24.0 Å². The lowest BCUT2D eigenvalue weighted by atomic mass is 9.97. The third-order valence-electron chi connectivity index (χ3n) is 5.29. The van der Waals surface area contributed by atoms with Crippen molar-refractivity contribution in [1.82, 2.24) is 10.6 Å². The maximum atomic E-state index is 9.27. The minimum atomic E-state index is 0. The van der Waals surface area contributed by atoms with Crippen LogP contribution in [0.2, 0.25) is 0 Å². The molecule has 3 rings (SSSR count). The molecule has 1 fully saturated rings. The van der Waals surface area contributed by atoms with Crippen LogP contribution in [0.5, 0.6) is 0 Å². The highest BCUT2D eigenvalue weighted by molar-refractivity contribution is 14.0. The van der Waals surface area contributed by atoms with Crippen molar-refractivity contribution >= 4 is 35.6 Å². The number of anilines is 1. The fourth-order valence-corrected chi connectivity index (χ4v) is 3.60. The van der Waals surface area contributed by atoms with E-state index in [1.54, 1.807) is 0 Å². The summed E-state index contributed by atoms with van der Waals surface area (Å²) in [6.07, 6.45) is 8.76. The van der Waals surface area contributed by atoms with Crippen molar-refractivity contribution < 1.29 is 5.11 Å². The van der Waals surface area contributed by atoms with Crippen LogP contribution in [0.25, 0.3) is 0 Å². The predicted octanol–water partition coefficient (Wildman–Crippen LogP) is 3.29. The van der Waals surface area contributed by atoms with Gasteiger partial charge < -0.3 is 20.6 Å². The van der Waals surface area contributed by atoms with E-state index >= 15 is 0 Å². The van der Waals surface area contributed by atoms with Gasteiger partial charge in [-0.2, -0.15) is 0 Å². The second kappa shape index (κ2) is 11.5. The van der Waals surface area contributed by atoms with Crippen LogP contribution in [0.15, 0.2) is 41.4 Å². The predicted molar refractivity (Wildman–Crippen MR) is 124 cm³/mol. The molecule has 5 nitrogen and oxygen atoms in total. The SMILES string of the molecule is CCNC(=NCc1ccc(N2CCC(CO)CC2)cc1)NC1CC=CC1.I. The van der Waals surface area contributed by atoms with Crippen molar-refractivity contribution in [3.05, 3.63) is 42.0 Å². The van der Waals surface area contributed by atoms with Crippen molar-refractivity contribution in [2.24, 2.45) is 10.9 Å². The molecule has 3 N–H and O–H groups in total. The van der Waals surface area contributed by atoms with E-state index in [2.05, 4.69) is 58.9 Å². The molecule has 6 heteroatoms. The van der Waals surface area contributed by atoms with Crippen LogP contribution in [0.4, 0.5) is 5.69 Å². The second-order valence-corrected chi connectivity index (χ2v) is 7.26. The van der Waals surface area contributed by atoms with Crippen molar-refractivity contribution in [1.29, 1.82) is 0 Å². The molecule has 0 aromatic heterocycles. The quantitative estimate of drug-likeness (QED) is 0.251. The average Bonchev–Trinajstić information content (AvgIpc) is 3.20. The Morgan fingerprint density at radius 2 is 1.81 bits per heavy atom. The normalized spacial score (nSPS) is 18.4. The molecule has 0 unspecified atom stereocenters. The van der Waals surface area contributed by atoms with Crippen molar-refractivity contribution in [3.8, 4) is 0 Å². The summed E-state index contributed by atoms with van der Waals surface area (Å²) < 4.78 is 0. The Labute approximate surface area is 180 Å². The summed E-state index contributed by atoms with van der Waals surface area (Å²) in [6, 6.07) is 9.23. The fourth-order valence-electron chi connectivity index (χ4n) is 3.60. The molecule has 1 saturated heterocycles. The molecule has 2 aliphatic rings. The van der Waals surface area contributed by atoms with E-state index in [1.165, 1.54) is 11.3 Å². The third-order valence-corrected chi connectivity index (χ3v) is 5.29. The highest BCUT2D eigenvalue weighted by Gasteiger charge is 2.18. The largest absolute Gasteiger partial charge is 0.396 e. The molecule has 0 amide bonds. The summed E-state index contributed by atoms with van der Waals surface area (Å²) in [6.45, 7) is 6.04. The molecule has 0 bridgehead atoms. The topological polar surface area (TPSA) is 59.9 Å². The molecule has 1 aliphatic heterocycles. The van der Waals surface area contributed by atoms with Crippen LogP contribution >= 0.6 is 24.0 Å². The van der Waals surface area contributed by atoms with Gasteiger partial charge in [0.05, 0.1) is 6.54 Å². The molecule has 27 heavy (non-hydrogen) atoms. The first-order valence-corrected chi connectivity index (χ1v) is 9.93. The molecular weight excluding hydrogens is 451 g/mol. The summed E-state index contributed by atoms with van der Waals surface area (Å²) in [4.78, 5) is 7.15. The first-order chi connectivity index (χ1) is 12.8. The highest BCUT2D eigenvalue weighted by atomic mass is 127. The number of nitrogens with zero attached hydrogens (tertiary/aromatic N) is 2. The first kappa shape index (κ1) is 22.0. The maximum Gasteiger partial charge on any atom is 0.191 e. The van der Waals surface area contributed by atoms with E-state index < -0.39 is 0 Å². The van der Waals surface area contributed by atoms with Gasteiger partial charge in [0.15, 0.2) is 5.96 Å². The van der Waals surface area contributed by atoms with Gasteiger partial charge in [-0.25, -0.2) is 4.99 Å². The van der Waals surface area contributed by atoms with Crippen molar-refractivity contribution in [2.75, 3.05) is 31.1 Å². The lowest BCUT2D eigenvalue weighted by Gasteiger charge is -2.32. The number of benzene rings is 1. The van der Waals surface area contributed by atoms with Crippen molar-refractivity contribution in [3.63, 3.8) is 0 Å². The lowest BCUT2D eigenvalue weighted by Crippen LogP contribution is -2.42. The zero-order valence-corrected chi connectivity index (χ0v) is 18.6. The minimum absolute atomic E-state index is 0. The van der Waals surface area contributed by atoms with E-state index in [9.17, 15) is 5.11 Å². The van der Waals surface area contributed by atoms with E-state index in [4.69, 9.17) is 4.99 Å². The van der Waals surface area contributed by atoms with Gasteiger partial charge in [0.1, 0.15) is 0 Å². The highest BCUT2D eigenvalue weighted by Crippen LogP contribution is 2.23. The average molecular weight is 484 g/mol. The number of aliphatic hydroxyl groups excluding tert-OH is 1. The number of aliphatic hydroxyl groups is 1. The van der Waals surface area contributed by atoms with Crippen LogP contribution in [-0.4, -0.2) is 43.3 Å². The molecule has 1 aromatic carbocycles. The zero-order valence-electron chi connectivity index (χ0n) is 16.2.